The van der Waals surface area contributed by atoms with Crippen molar-refractivity contribution < 1.29 is 21.6 Å². The van der Waals surface area contributed by atoms with Gasteiger partial charge < -0.3 is 4.42 Å². The Morgan fingerprint density at radius 1 is 1.35 bits per heavy atom. The van der Waals surface area contributed by atoms with Crippen molar-refractivity contribution in [3.05, 3.63) is 52.4 Å². The lowest BCUT2D eigenvalue weighted by Crippen LogP contribution is -2.27. The highest BCUT2D eigenvalue weighted by Crippen LogP contribution is 2.29. The molecule has 0 saturated heterocycles. The third-order valence-electron chi connectivity index (χ3n) is 2.62. The van der Waals surface area contributed by atoms with Crippen LogP contribution in [0.2, 0.25) is 0 Å². The number of nitrogens with zero attached hydrogens (tertiary/aromatic N) is 1. The van der Waals surface area contributed by atoms with Gasteiger partial charge in [-0.2, -0.15) is 4.31 Å². The van der Waals surface area contributed by atoms with Gasteiger partial charge in [-0.3, -0.25) is 0 Å². The molecule has 0 fully saturated rings. The standard InChI is InChI=1S/C12H10BrF2NO3S/c1-16(6-8-2-3-19-7-8)20(17,18)12-10(13)4-9(14)5-11(12)15/h2-5,7H,6H2,1H3. The summed E-state index contributed by atoms with van der Waals surface area (Å²) in [5.74, 6) is -2.00. The van der Waals surface area contributed by atoms with E-state index in [1.807, 2.05) is 0 Å². The van der Waals surface area contributed by atoms with Gasteiger partial charge in [-0.15, -0.1) is 0 Å². The Morgan fingerprint density at radius 2 is 2.05 bits per heavy atom. The molecule has 0 saturated carbocycles. The zero-order chi connectivity index (χ0) is 14.9. The molecule has 20 heavy (non-hydrogen) atoms. The average Bonchev–Trinajstić information content (AvgIpc) is 2.79. The smallest absolute Gasteiger partial charge is 0.247 e. The van der Waals surface area contributed by atoms with E-state index in [0.717, 1.165) is 10.4 Å². The van der Waals surface area contributed by atoms with E-state index in [0.29, 0.717) is 11.6 Å². The number of hydrogen-bond acceptors (Lipinski definition) is 3. The molecule has 0 aliphatic carbocycles. The van der Waals surface area contributed by atoms with Crippen molar-refractivity contribution >= 4 is 26.0 Å². The van der Waals surface area contributed by atoms with Crippen LogP contribution < -0.4 is 0 Å². The fraction of sp³-hybridized carbons (Fsp3) is 0.167. The Hall–Kier alpha value is -1.25. The van der Waals surface area contributed by atoms with Gasteiger partial charge in [-0.1, -0.05) is 0 Å². The van der Waals surface area contributed by atoms with Gasteiger partial charge in [0.05, 0.1) is 12.5 Å². The van der Waals surface area contributed by atoms with E-state index in [1.54, 1.807) is 6.07 Å². The maximum atomic E-state index is 13.8. The molecule has 0 amide bonds. The molecular formula is C12H10BrF2NO3S. The van der Waals surface area contributed by atoms with Gasteiger partial charge in [-0.25, -0.2) is 17.2 Å². The normalized spacial score (nSPS) is 12.1. The summed E-state index contributed by atoms with van der Waals surface area (Å²) in [6, 6.07) is 3.03. The van der Waals surface area contributed by atoms with Gasteiger partial charge in [-0.05, 0) is 28.1 Å². The van der Waals surface area contributed by atoms with Crippen molar-refractivity contribution in [3.8, 4) is 0 Å². The summed E-state index contributed by atoms with van der Waals surface area (Å²) in [6.45, 7) is 0.0160. The van der Waals surface area contributed by atoms with Crippen molar-refractivity contribution in [2.45, 2.75) is 11.4 Å². The van der Waals surface area contributed by atoms with Crippen molar-refractivity contribution in [2.75, 3.05) is 7.05 Å². The topological polar surface area (TPSA) is 50.5 Å². The Kier molecular flexibility index (Phi) is 4.26. The molecule has 0 N–H and O–H groups in total. The number of rotatable bonds is 4. The lowest BCUT2D eigenvalue weighted by molar-refractivity contribution is 0.455. The summed E-state index contributed by atoms with van der Waals surface area (Å²) in [7, 11) is -2.79. The second kappa shape index (κ2) is 5.63. The van der Waals surface area contributed by atoms with Crippen LogP contribution >= 0.6 is 15.9 Å². The minimum atomic E-state index is -4.09. The molecule has 0 bridgehead atoms. The van der Waals surface area contributed by atoms with Crippen molar-refractivity contribution in [2.24, 2.45) is 0 Å². The van der Waals surface area contributed by atoms with E-state index in [2.05, 4.69) is 15.9 Å². The highest BCUT2D eigenvalue weighted by Gasteiger charge is 2.28. The first kappa shape index (κ1) is 15.1. The number of hydrogen-bond donors (Lipinski definition) is 0. The van der Waals surface area contributed by atoms with Crippen molar-refractivity contribution in [3.63, 3.8) is 0 Å². The maximum absolute atomic E-state index is 13.8. The Morgan fingerprint density at radius 3 is 2.60 bits per heavy atom. The molecule has 0 spiro atoms. The second-order valence-corrected chi connectivity index (χ2v) is 6.93. The Labute approximate surface area is 123 Å². The van der Waals surface area contributed by atoms with Crippen LogP contribution in [0.3, 0.4) is 0 Å². The van der Waals surface area contributed by atoms with Gasteiger partial charge in [0.2, 0.25) is 10.0 Å². The summed E-state index contributed by atoms with van der Waals surface area (Å²) in [4.78, 5) is -0.593. The van der Waals surface area contributed by atoms with Crippen LogP contribution in [0.5, 0.6) is 0 Å². The van der Waals surface area contributed by atoms with E-state index < -0.39 is 26.6 Å². The number of sulfonamides is 1. The number of halogens is 3. The first-order valence-corrected chi connectivity index (χ1v) is 7.67. The third kappa shape index (κ3) is 2.92. The number of benzene rings is 1. The fourth-order valence-corrected chi connectivity index (χ4v) is 3.92. The summed E-state index contributed by atoms with van der Waals surface area (Å²) >= 11 is 2.88. The van der Waals surface area contributed by atoms with Crippen LogP contribution in [-0.2, 0) is 16.6 Å². The highest BCUT2D eigenvalue weighted by atomic mass is 79.9. The molecule has 0 aliphatic rings. The van der Waals surface area contributed by atoms with Crippen LogP contribution in [0, 0.1) is 11.6 Å². The quantitative estimate of drug-likeness (QED) is 0.836. The van der Waals surface area contributed by atoms with E-state index in [4.69, 9.17) is 4.42 Å². The largest absolute Gasteiger partial charge is 0.472 e. The minimum absolute atomic E-state index is 0.0160. The maximum Gasteiger partial charge on any atom is 0.247 e. The molecule has 1 heterocycles. The molecular weight excluding hydrogens is 356 g/mol. The van der Waals surface area contributed by atoms with Crippen molar-refractivity contribution in [1.82, 2.24) is 4.31 Å². The predicted molar refractivity (Wildman–Crippen MR) is 71.4 cm³/mol. The minimum Gasteiger partial charge on any atom is -0.472 e. The molecule has 4 nitrogen and oxygen atoms in total. The molecule has 2 rings (SSSR count). The van der Waals surface area contributed by atoms with E-state index in [9.17, 15) is 17.2 Å². The second-order valence-electron chi connectivity index (χ2n) is 4.09. The van der Waals surface area contributed by atoms with Crippen molar-refractivity contribution in [1.29, 1.82) is 0 Å². The predicted octanol–water partition coefficient (Wildman–Crippen LogP) is 3.14. The van der Waals surface area contributed by atoms with E-state index in [-0.39, 0.29) is 11.0 Å². The molecule has 1 aromatic carbocycles. The molecule has 0 aliphatic heterocycles. The van der Waals surface area contributed by atoms with E-state index in [1.165, 1.54) is 19.6 Å². The monoisotopic (exact) mass is 365 g/mol. The first-order chi connectivity index (χ1) is 9.32. The molecule has 8 heteroatoms. The molecule has 2 aromatic rings. The zero-order valence-corrected chi connectivity index (χ0v) is 12.7. The van der Waals surface area contributed by atoms with Crippen LogP contribution in [-0.4, -0.2) is 19.8 Å². The first-order valence-electron chi connectivity index (χ1n) is 5.44. The summed E-state index contributed by atoms with van der Waals surface area (Å²) in [5, 5.41) is 0. The fourth-order valence-electron chi connectivity index (χ4n) is 1.66. The molecule has 0 unspecified atom stereocenters. The molecule has 1 aromatic heterocycles. The highest BCUT2D eigenvalue weighted by molar-refractivity contribution is 9.10. The van der Waals surface area contributed by atoms with Gasteiger partial charge in [0.1, 0.15) is 16.5 Å². The Bertz CT molecular complexity index is 693. The van der Waals surface area contributed by atoms with E-state index >= 15 is 0 Å². The van der Waals surface area contributed by atoms with Crippen LogP contribution in [0.15, 0.2) is 44.5 Å². The van der Waals surface area contributed by atoms with Crippen LogP contribution in [0.4, 0.5) is 8.78 Å². The van der Waals surface area contributed by atoms with Gasteiger partial charge >= 0.3 is 0 Å². The lowest BCUT2D eigenvalue weighted by atomic mass is 10.3. The summed E-state index contributed by atoms with van der Waals surface area (Å²) in [6.07, 6.45) is 2.80. The SMILES string of the molecule is CN(Cc1ccoc1)S(=O)(=O)c1c(F)cc(F)cc1Br. The average molecular weight is 366 g/mol. The zero-order valence-electron chi connectivity index (χ0n) is 10.3. The molecule has 0 radical (unpaired) electrons. The lowest BCUT2D eigenvalue weighted by Gasteiger charge is -2.17. The third-order valence-corrected chi connectivity index (χ3v) is 5.39. The summed E-state index contributed by atoms with van der Waals surface area (Å²) in [5.41, 5.74) is 0.620. The molecule has 108 valence electrons. The van der Waals surface area contributed by atoms with Gasteiger partial charge in [0.25, 0.3) is 0 Å². The van der Waals surface area contributed by atoms with Gasteiger partial charge in [0.15, 0.2) is 0 Å². The van der Waals surface area contributed by atoms with Gasteiger partial charge in [0, 0.05) is 29.7 Å². The summed E-state index contributed by atoms with van der Waals surface area (Å²) < 4.78 is 57.0. The Balaban J connectivity index is 2.40. The van der Waals surface area contributed by atoms with Crippen LogP contribution in [0.1, 0.15) is 5.56 Å². The molecule has 0 atom stereocenters. The van der Waals surface area contributed by atoms with Crippen LogP contribution in [0.25, 0.3) is 0 Å². The number of furan rings is 1.